The summed E-state index contributed by atoms with van der Waals surface area (Å²) in [5.41, 5.74) is 2.13. The van der Waals surface area contributed by atoms with Crippen LogP contribution in [0.2, 0.25) is 0 Å². The molecular formula is C14H21N3O. The lowest BCUT2D eigenvalue weighted by molar-refractivity contribution is -0.119. The lowest BCUT2D eigenvalue weighted by atomic mass is 10.1. The zero-order valence-corrected chi connectivity index (χ0v) is 11.1. The van der Waals surface area contributed by atoms with E-state index >= 15 is 0 Å². The fourth-order valence-electron chi connectivity index (χ4n) is 2.18. The Morgan fingerprint density at radius 2 is 2.11 bits per heavy atom. The number of amides is 1. The van der Waals surface area contributed by atoms with E-state index in [4.69, 9.17) is 0 Å². The zero-order chi connectivity index (χ0) is 13.0. The molecule has 0 bridgehead atoms. The minimum Gasteiger partial charge on any atom is -0.326 e. The van der Waals surface area contributed by atoms with Crippen LogP contribution in [0.25, 0.3) is 0 Å². The summed E-state index contributed by atoms with van der Waals surface area (Å²) >= 11 is 0. The summed E-state index contributed by atoms with van der Waals surface area (Å²) in [4.78, 5) is 14.0. The molecule has 1 saturated heterocycles. The molecule has 1 aliphatic rings. The Balaban J connectivity index is 1.91. The highest BCUT2D eigenvalue weighted by Crippen LogP contribution is 2.14. The van der Waals surface area contributed by atoms with Crippen molar-refractivity contribution in [1.29, 1.82) is 0 Å². The number of hydrogen-bond acceptors (Lipinski definition) is 3. The number of carbonyl (C=O) groups excluding carboxylic acids is 1. The van der Waals surface area contributed by atoms with Crippen molar-refractivity contribution in [2.45, 2.75) is 13.0 Å². The lowest BCUT2D eigenvalue weighted by Crippen LogP contribution is -2.24. The van der Waals surface area contributed by atoms with E-state index in [0.29, 0.717) is 0 Å². The van der Waals surface area contributed by atoms with Crippen LogP contribution >= 0.6 is 0 Å². The smallest absolute Gasteiger partial charge is 0.228 e. The standard InChI is InChI=1S/C14H21N3O/c1-17(2)10-11-3-5-13(6-4-11)16-14(18)12-7-8-15-9-12/h3-6,12,15H,7-10H2,1-2H3,(H,16,18). The molecule has 1 fully saturated rings. The predicted octanol–water partition coefficient (Wildman–Crippen LogP) is 1.30. The molecule has 1 amide bonds. The number of hydrogen-bond donors (Lipinski definition) is 2. The molecule has 2 N–H and O–H groups in total. The molecule has 18 heavy (non-hydrogen) atoms. The lowest BCUT2D eigenvalue weighted by Gasteiger charge is -2.12. The van der Waals surface area contributed by atoms with Crippen LogP contribution in [0, 0.1) is 5.92 Å². The third kappa shape index (κ3) is 3.55. The van der Waals surface area contributed by atoms with E-state index in [1.54, 1.807) is 0 Å². The molecule has 0 spiro atoms. The molecule has 4 nitrogen and oxygen atoms in total. The van der Waals surface area contributed by atoms with Crippen LogP contribution in [0.15, 0.2) is 24.3 Å². The Bertz CT molecular complexity index is 394. The minimum absolute atomic E-state index is 0.117. The van der Waals surface area contributed by atoms with Crippen LogP contribution in [-0.2, 0) is 11.3 Å². The van der Waals surface area contributed by atoms with Crippen molar-refractivity contribution in [3.8, 4) is 0 Å². The van der Waals surface area contributed by atoms with Gasteiger partial charge in [-0.2, -0.15) is 0 Å². The molecule has 1 aliphatic heterocycles. The van der Waals surface area contributed by atoms with E-state index in [0.717, 1.165) is 31.7 Å². The number of benzene rings is 1. The van der Waals surface area contributed by atoms with Crippen LogP contribution in [-0.4, -0.2) is 38.0 Å². The van der Waals surface area contributed by atoms with Crippen LogP contribution < -0.4 is 10.6 Å². The summed E-state index contributed by atoms with van der Waals surface area (Å²) in [6, 6.07) is 8.06. The van der Waals surface area contributed by atoms with Gasteiger partial charge in [-0.15, -0.1) is 0 Å². The van der Waals surface area contributed by atoms with E-state index < -0.39 is 0 Å². The van der Waals surface area contributed by atoms with Gasteiger partial charge >= 0.3 is 0 Å². The first kappa shape index (κ1) is 13.1. The Morgan fingerprint density at radius 1 is 1.39 bits per heavy atom. The molecule has 1 atom stereocenters. The van der Waals surface area contributed by atoms with Gasteiger partial charge in [0.15, 0.2) is 0 Å². The predicted molar refractivity (Wildman–Crippen MR) is 73.4 cm³/mol. The van der Waals surface area contributed by atoms with Crippen molar-refractivity contribution in [2.75, 3.05) is 32.5 Å². The second-order valence-corrected chi connectivity index (χ2v) is 5.11. The first-order valence-electron chi connectivity index (χ1n) is 6.40. The van der Waals surface area contributed by atoms with Gasteiger partial charge in [0, 0.05) is 18.8 Å². The highest BCUT2D eigenvalue weighted by Gasteiger charge is 2.22. The number of nitrogens with zero attached hydrogens (tertiary/aromatic N) is 1. The molecule has 98 valence electrons. The topological polar surface area (TPSA) is 44.4 Å². The normalized spacial score (nSPS) is 19.2. The third-order valence-electron chi connectivity index (χ3n) is 3.15. The molecule has 4 heteroatoms. The highest BCUT2D eigenvalue weighted by atomic mass is 16.1. The van der Waals surface area contributed by atoms with Crippen LogP contribution in [0.5, 0.6) is 0 Å². The van der Waals surface area contributed by atoms with Crippen molar-refractivity contribution in [2.24, 2.45) is 5.92 Å². The van der Waals surface area contributed by atoms with Crippen molar-refractivity contribution < 1.29 is 4.79 Å². The molecule has 0 aliphatic carbocycles. The van der Waals surface area contributed by atoms with Gasteiger partial charge in [-0.05, 0) is 44.8 Å². The van der Waals surface area contributed by atoms with Crippen molar-refractivity contribution >= 4 is 11.6 Å². The summed E-state index contributed by atoms with van der Waals surface area (Å²) in [5, 5.41) is 6.18. The maximum Gasteiger partial charge on any atom is 0.228 e. The van der Waals surface area contributed by atoms with Gasteiger partial charge in [0.25, 0.3) is 0 Å². The van der Waals surface area contributed by atoms with Gasteiger partial charge in [-0.1, -0.05) is 12.1 Å². The minimum atomic E-state index is 0.117. The van der Waals surface area contributed by atoms with Crippen molar-refractivity contribution in [1.82, 2.24) is 10.2 Å². The van der Waals surface area contributed by atoms with Gasteiger partial charge in [0.05, 0.1) is 5.92 Å². The fraction of sp³-hybridized carbons (Fsp3) is 0.500. The fourth-order valence-corrected chi connectivity index (χ4v) is 2.18. The monoisotopic (exact) mass is 247 g/mol. The maximum absolute atomic E-state index is 11.9. The number of carbonyl (C=O) groups is 1. The average Bonchev–Trinajstić information content (AvgIpc) is 2.84. The highest BCUT2D eigenvalue weighted by molar-refractivity contribution is 5.92. The molecule has 1 heterocycles. The molecule has 0 aromatic heterocycles. The molecule has 0 saturated carbocycles. The second-order valence-electron chi connectivity index (χ2n) is 5.11. The Morgan fingerprint density at radius 3 is 2.67 bits per heavy atom. The van der Waals surface area contributed by atoms with Crippen molar-refractivity contribution in [3.05, 3.63) is 29.8 Å². The summed E-state index contributed by atoms with van der Waals surface area (Å²) in [5.74, 6) is 0.242. The van der Waals surface area contributed by atoms with Gasteiger partial charge in [0.1, 0.15) is 0 Å². The number of rotatable bonds is 4. The Hall–Kier alpha value is -1.39. The Kier molecular flexibility index (Phi) is 4.33. The third-order valence-corrected chi connectivity index (χ3v) is 3.15. The SMILES string of the molecule is CN(C)Cc1ccc(NC(=O)C2CCNC2)cc1. The summed E-state index contributed by atoms with van der Waals surface area (Å²) in [6.45, 7) is 2.66. The molecule has 0 radical (unpaired) electrons. The van der Waals surface area contributed by atoms with Crippen LogP contribution in [0.1, 0.15) is 12.0 Å². The second kappa shape index (κ2) is 5.98. The van der Waals surface area contributed by atoms with Crippen LogP contribution in [0.4, 0.5) is 5.69 Å². The summed E-state index contributed by atoms with van der Waals surface area (Å²) < 4.78 is 0. The van der Waals surface area contributed by atoms with Gasteiger partial charge < -0.3 is 15.5 Å². The molecule has 2 rings (SSSR count). The maximum atomic E-state index is 11.9. The van der Waals surface area contributed by atoms with E-state index in [-0.39, 0.29) is 11.8 Å². The number of nitrogens with one attached hydrogen (secondary N) is 2. The summed E-state index contributed by atoms with van der Waals surface area (Å²) in [6.07, 6.45) is 0.935. The molecule has 1 unspecified atom stereocenters. The largest absolute Gasteiger partial charge is 0.326 e. The van der Waals surface area contributed by atoms with E-state index in [1.807, 2.05) is 26.2 Å². The van der Waals surface area contributed by atoms with Crippen molar-refractivity contribution in [3.63, 3.8) is 0 Å². The first-order valence-corrected chi connectivity index (χ1v) is 6.40. The quantitative estimate of drug-likeness (QED) is 0.843. The van der Waals surface area contributed by atoms with E-state index in [2.05, 4.69) is 27.7 Å². The van der Waals surface area contributed by atoms with Gasteiger partial charge in [-0.3, -0.25) is 4.79 Å². The summed E-state index contributed by atoms with van der Waals surface area (Å²) in [7, 11) is 4.09. The zero-order valence-electron chi connectivity index (χ0n) is 11.1. The first-order chi connectivity index (χ1) is 8.65. The number of anilines is 1. The average molecular weight is 247 g/mol. The Labute approximate surface area is 108 Å². The van der Waals surface area contributed by atoms with Gasteiger partial charge in [-0.25, -0.2) is 0 Å². The van der Waals surface area contributed by atoms with E-state index in [9.17, 15) is 4.79 Å². The molecule has 1 aromatic rings. The molecule has 1 aromatic carbocycles. The van der Waals surface area contributed by atoms with Crippen LogP contribution in [0.3, 0.4) is 0 Å². The van der Waals surface area contributed by atoms with E-state index in [1.165, 1.54) is 5.56 Å². The molecular weight excluding hydrogens is 226 g/mol. The van der Waals surface area contributed by atoms with Gasteiger partial charge in [0.2, 0.25) is 5.91 Å².